The molecule has 0 spiro atoms. The second kappa shape index (κ2) is 6.47. The fourth-order valence-corrected chi connectivity index (χ4v) is 2.26. The molecule has 88 valence electrons. The van der Waals surface area contributed by atoms with Gasteiger partial charge in [0.05, 0.1) is 6.20 Å². The van der Waals surface area contributed by atoms with Gasteiger partial charge in [-0.3, -0.25) is 0 Å². The lowest BCUT2D eigenvalue weighted by molar-refractivity contribution is 1.12. The Morgan fingerprint density at radius 1 is 1.24 bits per heavy atom. The van der Waals surface area contributed by atoms with Crippen molar-refractivity contribution in [3.8, 4) is 0 Å². The third-order valence-corrected chi connectivity index (χ3v) is 3.36. The van der Waals surface area contributed by atoms with Crippen molar-refractivity contribution < 1.29 is 0 Å². The molecule has 0 radical (unpaired) electrons. The van der Waals surface area contributed by atoms with E-state index in [1.807, 2.05) is 18.2 Å². The summed E-state index contributed by atoms with van der Waals surface area (Å²) in [4.78, 5) is 9.16. The molecule has 2 rings (SSSR count). The van der Waals surface area contributed by atoms with Gasteiger partial charge >= 0.3 is 0 Å². The van der Waals surface area contributed by atoms with Gasteiger partial charge in [-0.15, -0.1) is 11.8 Å². The van der Waals surface area contributed by atoms with E-state index < -0.39 is 0 Å². The number of rotatable bonds is 5. The van der Waals surface area contributed by atoms with Crippen molar-refractivity contribution in [3.05, 3.63) is 47.9 Å². The number of hydrogen-bond donors (Lipinski definition) is 1. The summed E-state index contributed by atoms with van der Waals surface area (Å²) in [6.07, 6.45) is 3.07. The molecule has 1 N–H and O–H groups in total. The Bertz CT molecular complexity index is 464. The van der Waals surface area contributed by atoms with E-state index in [1.54, 1.807) is 18.0 Å². The first-order valence-corrected chi connectivity index (χ1v) is 6.60. The number of benzene rings is 1. The van der Waals surface area contributed by atoms with Gasteiger partial charge in [-0.05, 0) is 12.1 Å². The van der Waals surface area contributed by atoms with Crippen LogP contribution in [0.15, 0.2) is 47.8 Å². The van der Waals surface area contributed by atoms with Crippen molar-refractivity contribution in [1.82, 2.24) is 9.97 Å². The molecule has 0 bridgehead atoms. The van der Waals surface area contributed by atoms with E-state index in [2.05, 4.69) is 27.4 Å². The van der Waals surface area contributed by atoms with Crippen molar-refractivity contribution in [2.45, 2.75) is 4.90 Å². The first kappa shape index (κ1) is 12.2. The van der Waals surface area contributed by atoms with Crippen LogP contribution in [0.1, 0.15) is 0 Å². The molecule has 5 heteroatoms. The monoisotopic (exact) mass is 265 g/mol. The first-order valence-electron chi connectivity index (χ1n) is 5.23. The van der Waals surface area contributed by atoms with Crippen molar-refractivity contribution >= 4 is 29.2 Å². The summed E-state index contributed by atoms with van der Waals surface area (Å²) in [6, 6.07) is 10.3. The molecule has 2 aromatic rings. The van der Waals surface area contributed by atoms with Crippen LogP contribution in [0.5, 0.6) is 0 Å². The van der Waals surface area contributed by atoms with Crippen molar-refractivity contribution in [2.75, 3.05) is 17.6 Å². The van der Waals surface area contributed by atoms with Crippen LogP contribution in [0.4, 0.5) is 5.82 Å². The molecule has 0 saturated heterocycles. The van der Waals surface area contributed by atoms with Crippen LogP contribution >= 0.6 is 23.4 Å². The Morgan fingerprint density at radius 3 is 2.82 bits per heavy atom. The summed E-state index contributed by atoms with van der Waals surface area (Å²) in [5.74, 6) is 1.65. The van der Waals surface area contributed by atoms with Gasteiger partial charge in [-0.2, -0.15) is 0 Å². The summed E-state index contributed by atoms with van der Waals surface area (Å²) in [7, 11) is 0. The highest BCUT2D eigenvalue weighted by Gasteiger charge is 1.99. The Hall–Kier alpha value is -1.26. The molecule has 0 unspecified atom stereocenters. The quantitative estimate of drug-likeness (QED) is 0.665. The molecule has 0 aliphatic rings. The van der Waals surface area contributed by atoms with Crippen molar-refractivity contribution in [1.29, 1.82) is 0 Å². The van der Waals surface area contributed by atoms with Crippen LogP contribution in [0.2, 0.25) is 5.02 Å². The third-order valence-electron chi connectivity index (χ3n) is 2.07. The Labute approximate surface area is 110 Å². The number of nitrogens with one attached hydrogen (secondary N) is 1. The summed E-state index contributed by atoms with van der Waals surface area (Å²) < 4.78 is 0. The molecule has 0 saturated carbocycles. The maximum absolute atomic E-state index is 5.93. The number of thioether (sulfide) groups is 1. The molecule has 0 atom stereocenters. The van der Waals surface area contributed by atoms with Crippen LogP contribution in [0.25, 0.3) is 0 Å². The molecule has 0 fully saturated rings. The first-order chi connectivity index (χ1) is 8.36. The summed E-state index contributed by atoms with van der Waals surface area (Å²) in [5, 5.41) is 3.73. The maximum atomic E-state index is 5.93. The van der Waals surface area contributed by atoms with Crippen LogP contribution in [0.3, 0.4) is 0 Å². The fourth-order valence-electron chi connectivity index (χ4n) is 1.30. The highest BCUT2D eigenvalue weighted by atomic mass is 35.5. The van der Waals surface area contributed by atoms with Crippen LogP contribution in [0, 0.1) is 0 Å². The average molecular weight is 266 g/mol. The molecular weight excluding hydrogens is 254 g/mol. The Kier molecular flexibility index (Phi) is 4.64. The minimum atomic E-state index is 0.553. The van der Waals surface area contributed by atoms with Gasteiger partial charge in [-0.25, -0.2) is 9.97 Å². The smallest absolute Gasteiger partial charge is 0.148 e. The molecule has 0 amide bonds. The number of anilines is 1. The van der Waals surface area contributed by atoms with Gasteiger partial charge in [-0.1, -0.05) is 29.8 Å². The van der Waals surface area contributed by atoms with Gasteiger partial charge in [0.15, 0.2) is 0 Å². The van der Waals surface area contributed by atoms with E-state index in [-0.39, 0.29) is 0 Å². The number of nitrogens with zero attached hydrogens (tertiary/aromatic N) is 2. The largest absolute Gasteiger partial charge is 0.368 e. The normalized spacial score (nSPS) is 10.2. The molecule has 0 aliphatic heterocycles. The topological polar surface area (TPSA) is 37.8 Å². The number of hydrogen-bond acceptors (Lipinski definition) is 4. The molecule has 1 aromatic heterocycles. The van der Waals surface area contributed by atoms with Crippen LogP contribution < -0.4 is 5.32 Å². The SMILES string of the molecule is Clc1cncnc1NCCSc1ccccc1. The zero-order valence-corrected chi connectivity index (χ0v) is 10.7. The Balaban J connectivity index is 1.76. The lowest BCUT2D eigenvalue weighted by Gasteiger charge is -2.06. The molecular formula is C12H12ClN3S. The van der Waals surface area contributed by atoms with E-state index in [9.17, 15) is 0 Å². The van der Waals surface area contributed by atoms with Crippen LogP contribution in [-0.2, 0) is 0 Å². The van der Waals surface area contributed by atoms with Gasteiger partial charge in [0.25, 0.3) is 0 Å². The highest BCUT2D eigenvalue weighted by Crippen LogP contribution is 2.18. The highest BCUT2D eigenvalue weighted by molar-refractivity contribution is 7.99. The molecule has 17 heavy (non-hydrogen) atoms. The maximum Gasteiger partial charge on any atom is 0.148 e. The van der Waals surface area contributed by atoms with E-state index in [0.29, 0.717) is 10.8 Å². The summed E-state index contributed by atoms with van der Waals surface area (Å²) in [6.45, 7) is 0.816. The lowest BCUT2D eigenvalue weighted by atomic mass is 10.4. The average Bonchev–Trinajstić information content (AvgIpc) is 2.38. The van der Waals surface area contributed by atoms with E-state index >= 15 is 0 Å². The predicted octanol–water partition coefficient (Wildman–Crippen LogP) is 3.33. The zero-order chi connectivity index (χ0) is 11.9. The van der Waals surface area contributed by atoms with Gasteiger partial charge in [0.1, 0.15) is 17.2 Å². The van der Waals surface area contributed by atoms with E-state index in [0.717, 1.165) is 12.3 Å². The Morgan fingerprint density at radius 2 is 2.06 bits per heavy atom. The molecule has 1 heterocycles. The van der Waals surface area contributed by atoms with Gasteiger partial charge in [0.2, 0.25) is 0 Å². The van der Waals surface area contributed by atoms with E-state index in [4.69, 9.17) is 11.6 Å². The summed E-state index contributed by atoms with van der Waals surface area (Å²) >= 11 is 7.72. The molecule has 1 aromatic carbocycles. The minimum Gasteiger partial charge on any atom is -0.368 e. The predicted molar refractivity (Wildman–Crippen MR) is 72.7 cm³/mol. The fraction of sp³-hybridized carbons (Fsp3) is 0.167. The molecule has 0 aliphatic carbocycles. The molecule has 3 nitrogen and oxygen atoms in total. The van der Waals surface area contributed by atoms with Crippen molar-refractivity contribution in [3.63, 3.8) is 0 Å². The standard InChI is InChI=1S/C12H12ClN3S/c13-11-8-14-9-16-12(11)15-6-7-17-10-4-2-1-3-5-10/h1-5,8-9H,6-7H2,(H,14,15,16). The van der Waals surface area contributed by atoms with Gasteiger partial charge in [0, 0.05) is 17.2 Å². The number of halogens is 1. The van der Waals surface area contributed by atoms with Gasteiger partial charge < -0.3 is 5.32 Å². The second-order valence-electron chi connectivity index (χ2n) is 3.31. The van der Waals surface area contributed by atoms with Crippen LogP contribution in [-0.4, -0.2) is 22.3 Å². The van der Waals surface area contributed by atoms with E-state index in [1.165, 1.54) is 11.2 Å². The summed E-state index contributed by atoms with van der Waals surface area (Å²) in [5.41, 5.74) is 0. The number of aromatic nitrogens is 2. The van der Waals surface area contributed by atoms with Crippen molar-refractivity contribution in [2.24, 2.45) is 0 Å². The lowest BCUT2D eigenvalue weighted by Crippen LogP contribution is -2.06. The third kappa shape index (κ3) is 3.91. The zero-order valence-electron chi connectivity index (χ0n) is 9.14. The second-order valence-corrected chi connectivity index (χ2v) is 4.88. The minimum absolute atomic E-state index is 0.553.